The number of nitrogens with zero attached hydrogens (tertiary/aromatic N) is 1. The first-order valence-corrected chi connectivity index (χ1v) is 5.83. The Hall–Kier alpha value is -3.28. The van der Waals surface area contributed by atoms with Crippen molar-refractivity contribution in [3.05, 3.63) is 42.0 Å². The number of amides is 1. The van der Waals surface area contributed by atoms with Gasteiger partial charge in [0.15, 0.2) is 0 Å². The van der Waals surface area contributed by atoms with E-state index in [1.807, 2.05) is 6.07 Å². The molecule has 0 aliphatic heterocycles. The number of halogens is 3. The van der Waals surface area contributed by atoms with E-state index in [9.17, 15) is 23.1 Å². The molecule has 6 nitrogen and oxygen atoms in total. The van der Waals surface area contributed by atoms with E-state index in [1.165, 1.54) is 0 Å². The van der Waals surface area contributed by atoms with Crippen LogP contribution in [-0.4, -0.2) is 18.2 Å². The molecule has 0 aromatic heterocycles. The molecule has 2 aromatic rings. The number of carbonyl (C=O) groups is 2. The molecule has 23 heavy (non-hydrogen) atoms. The van der Waals surface area contributed by atoms with E-state index in [0.29, 0.717) is 11.3 Å². The Labute approximate surface area is 127 Å². The fourth-order valence-corrected chi connectivity index (χ4v) is 1.51. The molecule has 1 N–H and O–H groups in total. The Bertz CT molecular complexity index is 782. The lowest BCUT2D eigenvalue weighted by atomic mass is 10.1. The Morgan fingerprint density at radius 1 is 1.04 bits per heavy atom. The molecule has 1 amide bonds. The molecule has 0 atom stereocenters. The van der Waals surface area contributed by atoms with Crippen LogP contribution in [0.1, 0.15) is 5.56 Å². The van der Waals surface area contributed by atoms with E-state index in [4.69, 9.17) is 15.2 Å². The lowest BCUT2D eigenvalue weighted by molar-refractivity contribution is -0.344. The van der Waals surface area contributed by atoms with E-state index in [-0.39, 0.29) is 0 Å². The molecule has 0 spiro atoms. The van der Waals surface area contributed by atoms with E-state index in [1.54, 1.807) is 36.4 Å². The number of carboxylic acids is 1. The van der Waals surface area contributed by atoms with Crippen LogP contribution >= 0.6 is 0 Å². The number of benzene rings is 2. The molecule has 9 heteroatoms. The molecule has 0 bridgehead atoms. The maximum absolute atomic E-state index is 10.5. The third kappa shape index (κ3) is 5.55. The second-order valence-electron chi connectivity index (χ2n) is 4.09. The second kappa shape index (κ2) is 7.13. The van der Waals surface area contributed by atoms with Gasteiger partial charge in [0.1, 0.15) is 12.1 Å². The summed E-state index contributed by atoms with van der Waals surface area (Å²) in [5.41, 5.74) is 1.03. The van der Waals surface area contributed by atoms with Gasteiger partial charge in [-0.2, -0.15) is 18.4 Å². The van der Waals surface area contributed by atoms with Crippen molar-refractivity contribution in [1.29, 1.82) is 5.26 Å². The lowest BCUT2D eigenvalue weighted by Crippen LogP contribution is -2.37. The number of hydrogen-bond acceptors (Lipinski definition) is 5. The SMILES string of the molecule is N#Cc1ccc2cc(NC(=O)[O-])ccc2c1.O=C([O-])C(F)(F)F. The molecule has 0 fully saturated rings. The van der Waals surface area contributed by atoms with Gasteiger partial charge in [-0.05, 0) is 35.0 Å². The first-order chi connectivity index (χ1) is 10.6. The van der Waals surface area contributed by atoms with Crippen LogP contribution in [0.2, 0.25) is 0 Å². The van der Waals surface area contributed by atoms with E-state index in [2.05, 4.69) is 5.32 Å². The number of nitrogens with one attached hydrogen (secondary N) is 1. The molecule has 2 rings (SSSR count). The molecule has 0 saturated heterocycles. The maximum Gasteiger partial charge on any atom is 0.430 e. The fraction of sp³-hybridized carbons (Fsp3) is 0.0714. The van der Waals surface area contributed by atoms with Gasteiger partial charge in [-0.15, -0.1) is 0 Å². The fourth-order valence-electron chi connectivity index (χ4n) is 1.51. The first kappa shape index (κ1) is 17.8. The van der Waals surface area contributed by atoms with Gasteiger partial charge in [-0.25, -0.2) is 0 Å². The number of fused-ring (bicyclic) bond motifs is 1. The molecule has 0 heterocycles. The Morgan fingerprint density at radius 2 is 1.57 bits per heavy atom. The molecule has 0 unspecified atom stereocenters. The Morgan fingerprint density at radius 3 is 2.04 bits per heavy atom. The van der Waals surface area contributed by atoms with E-state index >= 15 is 0 Å². The van der Waals surface area contributed by atoms with Crippen molar-refractivity contribution in [1.82, 2.24) is 0 Å². The van der Waals surface area contributed by atoms with Crippen molar-refractivity contribution in [2.75, 3.05) is 5.32 Å². The van der Waals surface area contributed by atoms with Crippen molar-refractivity contribution in [3.8, 4) is 6.07 Å². The van der Waals surface area contributed by atoms with Gasteiger partial charge in [0, 0.05) is 5.69 Å². The van der Waals surface area contributed by atoms with Gasteiger partial charge in [0.25, 0.3) is 0 Å². The number of carbonyl (C=O) groups excluding carboxylic acids is 2. The lowest BCUT2D eigenvalue weighted by Gasteiger charge is -2.07. The molecular weight excluding hydrogens is 317 g/mol. The molecule has 0 aliphatic rings. The van der Waals surface area contributed by atoms with Gasteiger partial charge in [-0.1, -0.05) is 12.1 Å². The predicted octanol–water partition coefficient (Wildman–Crippen LogP) is 0.765. The second-order valence-corrected chi connectivity index (χ2v) is 4.09. The number of rotatable bonds is 1. The summed E-state index contributed by atoms with van der Waals surface area (Å²) in [6, 6.07) is 12.3. The van der Waals surface area contributed by atoms with Crippen LogP contribution < -0.4 is 15.5 Å². The topological polar surface area (TPSA) is 116 Å². The number of aliphatic carboxylic acids is 1. The zero-order valence-corrected chi connectivity index (χ0v) is 11.2. The number of alkyl halides is 3. The van der Waals surface area contributed by atoms with Crippen LogP contribution in [0.4, 0.5) is 23.7 Å². The first-order valence-electron chi connectivity index (χ1n) is 5.83. The van der Waals surface area contributed by atoms with Gasteiger partial charge < -0.3 is 25.1 Å². The minimum atomic E-state index is -5.19. The smallest absolute Gasteiger partial charge is 0.430 e. The highest BCUT2D eigenvalue weighted by Crippen LogP contribution is 2.20. The van der Waals surface area contributed by atoms with Crippen LogP contribution in [0.15, 0.2) is 36.4 Å². The summed E-state index contributed by atoms with van der Waals surface area (Å²) in [5, 5.41) is 31.8. The molecule has 0 aliphatic carbocycles. The average molecular weight is 324 g/mol. The highest BCUT2D eigenvalue weighted by Gasteiger charge is 2.28. The van der Waals surface area contributed by atoms with Crippen molar-refractivity contribution in [2.24, 2.45) is 0 Å². The van der Waals surface area contributed by atoms with Crippen LogP contribution in [0.25, 0.3) is 10.8 Å². The predicted molar refractivity (Wildman–Crippen MR) is 68.7 cm³/mol. The molecule has 0 radical (unpaired) electrons. The van der Waals surface area contributed by atoms with E-state index in [0.717, 1.165) is 10.8 Å². The van der Waals surface area contributed by atoms with Crippen molar-refractivity contribution >= 4 is 28.5 Å². The van der Waals surface area contributed by atoms with Gasteiger partial charge in [-0.3, -0.25) is 0 Å². The van der Waals surface area contributed by atoms with Gasteiger partial charge in [0.05, 0.1) is 11.6 Å². The van der Waals surface area contributed by atoms with Gasteiger partial charge >= 0.3 is 6.18 Å². The summed E-state index contributed by atoms with van der Waals surface area (Å²) in [6.07, 6.45) is -6.53. The average Bonchev–Trinajstić information content (AvgIpc) is 2.45. The quantitative estimate of drug-likeness (QED) is 0.831. The van der Waals surface area contributed by atoms with E-state index < -0.39 is 18.2 Å². The number of carboxylic acid groups (broad SMARTS) is 2. The number of hydrogen-bond donors (Lipinski definition) is 1. The number of nitriles is 1. The third-order valence-corrected chi connectivity index (χ3v) is 2.45. The minimum absolute atomic E-state index is 0.456. The molecule has 2 aromatic carbocycles. The van der Waals surface area contributed by atoms with Crippen LogP contribution in [0, 0.1) is 11.3 Å². The van der Waals surface area contributed by atoms with Crippen molar-refractivity contribution < 1.29 is 33.0 Å². The largest absolute Gasteiger partial charge is 0.542 e. The Balaban J connectivity index is 0.000000322. The highest BCUT2D eigenvalue weighted by molar-refractivity contribution is 5.90. The van der Waals surface area contributed by atoms with Crippen molar-refractivity contribution in [3.63, 3.8) is 0 Å². The molecule has 120 valence electrons. The van der Waals surface area contributed by atoms with Crippen molar-refractivity contribution in [2.45, 2.75) is 6.18 Å². The summed E-state index contributed by atoms with van der Waals surface area (Å²) in [6.45, 7) is 0. The van der Waals surface area contributed by atoms with Crippen LogP contribution in [-0.2, 0) is 4.79 Å². The third-order valence-electron chi connectivity index (χ3n) is 2.45. The Kier molecular flexibility index (Phi) is 5.51. The summed E-state index contributed by atoms with van der Waals surface area (Å²) >= 11 is 0. The minimum Gasteiger partial charge on any atom is -0.542 e. The monoisotopic (exact) mass is 324 g/mol. The normalized spacial score (nSPS) is 10.2. The number of anilines is 1. The summed E-state index contributed by atoms with van der Waals surface area (Å²) < 4.78 is 31.5. The van der Waals surface area contributed by atoms with Crippen LogP contribution in [0.3, 0.4) is 0 Å². The zero-order chi connectivity index (χ0) is 17.6. The van der Waals surface area contributed by atoms with Gasteiger partial charge in [0.2, 0.25) is 0 Å². The zero-order valence-electron chi connectivity index (χ0n) is 11.2. The summed E-state index contributed by atoms with van der Waals surface area (Å²) in [4.78, 5) is 19.1. The summed E-state index contributed by atoms with van der Waals surface area (Å²) in [5.74, 6) is -3.01. The maximum atomic E-state index is 10.5. The van der Waals surface area contributed by atoms with Crippen LogP contribution in [0.5, 0.6) is 0 Å². The summed E-state index contributed by atoms with van der Waals surface area (Å²) in [7, 11) is 0. The standard InChI is InChI=1S/C12H8N2O2.C2HF3O2/c13-7-8-1-2-10-6-11(14-12(15)16)4-3-9(10)5-8;3-2(4,5)1(6)7/h1-6,14H,(H,15,16);(H,6,7)/p-2. The molecule has 0 saturated carbocycles. The highest BCUT2D eigenvalue weighted by atomic mass is 19.4. The molecular formula is C14H7F3N2O4-2.